The van der Waals surface area contributed by atoms with Crippen LogP contribution in [0, 0.1) is 0 Å². The molecule has 1 fully saturated rings. The van der Waals surface area contributed by atoms with E-state index in [0.29, 0.717) is 0 Å². The molecule has 1 saturated heterocycles. The molecule has 1 aliphatic heterocycles. The molecule has 2 heterocycles. The molecule has 3 nitrogen and oxygen atoms in total. The van der Waals surface area contributed by atoms with Gasteiger partial charge in [-0.2, -0.15) is 0 Å². The molecule has 1 aromatic heterocycles. The summed E-state index contributed by atoms with van der Waals surface area (Å²) in [5.41, 5.74) is 6.68. The fourth-order valence-electron chi connectivity index (χ4n) is 5.55. The number of rotatable bonds is 3. The predicted octanol–water partition coefficient (Wildman–Crippen LogP) is 5.74. The van der Waals surface area contributed by atoms with Gasteiger partial charge in [0.2, 0.25) is 0 Å². The van der Waals surface area contributed by atoms with Gasteiger partial charge in [0.05, 0.1) is 22.3 Å². The van der Waals surface area contributed by atoms with Crippen LogP contribution >= 0.6 is 0 Å². The number of pyridine rings is 1. The van der Waals surface area contributed by atoms with Crippen LogP contribution in [0.4, 0.5) is 0 Å². The molecule has 3 aromatic carbocycles. The van der Waals surface area contributed by atoms with E-state index in [0.717, 1.165) is 11.2 Å². The van der Waals surface area contributed by atoms with Crippen LogP contribution in [-0.2, 0) is 14.7 Å². The monoisotopic (exact) mass is 445 g/mol. The maximum Gasteiger partial charge on any atom is 0.495 e. The molecule has 0 bridgehead atoms. The van der Waals surface area contributed by atoms with Crippen molar-refractivity contribution in [2.45, 2.75) is 44.3 Å². The summed E-state index contributed by atoms with van der Waals surface area (Å²) in [6.07, 6.45) is 1.89. The van der Waals surface area contributed by atoms with Crippen LogP contribution < -0.4 is 5.46 Å². The third kappa shape index (κ3) is 2.82. The van der Waals surface area contributed by atoms with E-state index in [9.17, 15) is 0 Å². The lowest BCUT2D eigenvalue weighted by Gasteiger charge is -2.34. The summed E-state index contributed by atoms with van der Waals surface area (Å²) in [7, 11) is -0.471. The van der Waals surface area contributed by atoms with Crippen LogP contribution in [0.15, 0.2) is 97.2 Å². The van der Waals surface area contributed by atoms with Gasteiger partial charge < -0.3 is 9.31 Å². The highest BCUT2D eigenvalue weighted by molar-refractivity contribution is 6.63. The molecule has 1 unspecified atom stereocenters. The van der Waals surface area contributed by atoms with Crippen molar-refractivity contribution in [1.82, 2.24) is 4.98 Å². The van der Waals surface area contributed by atoms with Crippen LogP contribution in [-0.4, -0.2) is 23.3 Å². The van der Waals surface area contributed by atoms with Crippen LogP contribution in [0.25, 0.3) is 11.1 Å². The van der Waals surface area contributed by atoms with Gasteiger partial charge in [0.15, 0.2) is 0 Å². The topological polar surface area (TPSA) is 31.4 Å². The molecule has 1 aliphatic carbocycles. The second-order valence-corrected chi connectivity index (χ2v) is 10.2. The fourth-order valence-corrected chi connectivity index (χ4v) is 5.55. The summed E-state index contributed by atoms with van der Waals surface area (Å²) in [6.45, 7) is 8.42. The number of benzene rings is 3. The average molecular weight is 445 g/mol. The van der Waals surface area contributed by atoms with Crippen LogP contribution in [0.5, 0.6) is 0 Å². The van der Waals surface area contributed by atoms with Crippen LogP contribution in [0.3, 0.4) is 0 Å². The number of nitrogens with zero attached hydrogens (tertiary/aromatic N) is 1. The van der Waals surface area contributed by atoms with Crippen molar-refractivity contribution >= 4 is 12.6 Å². The normalized spacial score (nSPS) is 21.8. The lowest BCUT2D eigenvalue weighted by atomic mass is 9.63. The number of hydrogen-bond donors (Lipinski definition) is 0. The SMILES string of the molecule is CC1(C)OB(c2cccc3c2C(c2ccccc2)(c2ccccn2)c2ccccc2-3)OC1(C)C. The summed E-state index contributed by atoms with van der Waals surface area (Å²) in [4.78, 5) is 4.95. The average Bonchev–Trinajstić information content (AvgIpc) is 3.27. The first kappa shape index (κ1) is 21.3. The molecular formula is C30H28BNO2. The van der Waals surface area contributed by atoms with E-state index in [4.69, 9.17) is 14.3 Å². The van der Waals surface area contributed by atoms with Gasteiger partial charge in [-0.3, -0.25) is 4.98 Å². The molecule has 6 rings (SSSR count). The quantitative estimate of drug-likeness (QED) is 0.332. The summed E-state index contributed by atoms with van der Waals surface area (Å²) in [5, 5.41) is 0. The van der Waals surface area contributed by atoms with Crippen LogP contribution in [0.2, 0.25) is 0 Å². The molecule has 0 saturated carbocycles. The van der Waals surface area contributed by atoms with Crippen molar-refractivity contribution in [3.63, 3.8) is 0 Å². The molecule has 0 spiro atoms. The Kier molecular flexibility index (Phi) is 4.64. The molecule has 0 amide bonds. The van der Waals surface area contributed by atoms with E-state index >= 15 is 0 Å². The van der Waals surface area contributed by atoms with Gasteiger partial charge in [-0.25, -0.2) is 0 Å². The summed E-state index contributed by atoms with van der Waals surface area (Å²) in [5.74, 6) is 0. The Balaban J connectivity index is 1.72. The molecule has 1 atom stereocenters. The standard InChI is InChI=1S/C30H28BNO2/c1-28(2)29(3,4)34-31(33-28)25-18-12-16-23-22-15-8-9-17-24(22)30(27(23)25,21-13-6-5-7-14-21)26-19-10-11-20-32-26/h5-20H,1-4H3. The highest BCUT2D eigenvalue weighted by Crippen LogP contribution is 2.55. The second kappa shape index (κ2) is 7.40. The smallest absolute Gasteiger partial charge is 0.399 e. The lowest BCUT2D eigenvalue weighted by Crippen LogP contribution is -2.43. The third-order valence-corrected chi connectivity index (χ3v) is 7.86. The Morgan fingerprint density at radius 3 is 2.00 bits per heavy atom. The lowest BCUT2D eigenvalue weighted by molar-refractivity contribution is 0.00578. The van der Waals surface area contributed by atoms with E-state index in [2.05, 4.69) is 113 Å². The van der Waals surface area contributed by atoms with Gasteiger partial charge in [-0.1, -0.05) is 78.9 Å². The van der Waals surface area contributed by atoms with Crippen molar-refractivity contribution < 1.29 is 9.31 Å². The summed E-state index contributed by atoms with van der Waals surface area (Å²) < 4.78 is 13.2. The third-order valence-electron chi connectivity index (χ3n) is 7.86. The van der Waals surface area contributed by atoms with E-state index in [-0.39, 0.29) is 0 Å². The first-order valence-corrected chi connectivity index (χ1v) is 11.9. The fraction of sp³-hybridized carbons (Fsp3) is 0.233. The minimum atomic E-state index is -0.575. The molecule has 168 valence electrons. The number of hydrogen-bond acceptors (Lipinski definition) is 3. The first-order chi connectivity index (χ1) is 16.4. The summed E-state index contributed by atoms with van der Waals surface area (Å²) >= 11 is 0. The first-order valence-electron chi connectivity index (χ1n) is 11.9. The molecule has 34 heavy (non-hydrogen) atoms. The summed E-state index contributed by atoms with van der Waals surface area (Å²) in [6, 6.07) is 32.1. The van der Waals surface area contributed by atoms with Crippen molar-refractivity contribution in [2.24, 2.45) is 0 Å². The molecule has 4 heteroatoms. The van der Waals surface area contributed by atoms with Crippen molar-refractivity contribution in [3.05, 3.63) is 120 Å². The van der Waals surface area contributed by atoms with Gasteiger partial charge in [0.25, 0.3) is 0 Å². The zero-order valence-corrected chi connectivity index (χ0v) is 20.1. The van der Waals surface area contributed by atoms with E-state index in [1.807, 2.05) is 12.3 Å². The van der Waals surface area contributed by atoms with E-state index in [1.54, 1.807) is 0 Å². The maximum atomic E-state index is 6.60. The highest BCUT2D eigenvalue weighted by Gasteiger charge is 2.56. The number of fused-ring (bicyclic) bond motifs is 3. The van der Waals surface area contributed by atoms with Gasteiger partial charge >= 0.3 is 7.12 Å². The molecule has 2 aliphatic rings. The van der Waals surface area contributed by atoms with E-state index < -0.39 is 23.7 Å². The van der Waals surface area contributed by atoms with E-state index in [1.165, 1.54) is 27.8 Å². The minimum Gasteiger partial charge on any atom is -0.399 e. The zero-order chi connectivity index (χ0) is 23.6. The molecule has 0 radical (unpaired) electrons. The Labute approximate surface area is 201 Å². The van der Waals surface area contributed by atoms with Crippen LogP contribution in [0.1, 0.15) is 50.1 Å². The molecular weight excluding hydrogens is 417 g/mol. The van der Waals surface area contributed by atoms with Gasteiger partial charge in [0, 0.05) is 6.20 Å². The van der Waals surface area contributed by atoms with Gasteiger partial charge in [-0.05, 0) is 73.1 Å². The van der Waals surface area contributed by atoms with Gasteiger partial charge in [-0.15, -0.1) is 0 Å². The van der Waals surface area contributed by atoms with Crippen molar-refractivity contribution in [3.8, 4) is 11.1 Å². The maximum absolute atomic E-state index is 6.60. The number of aromatic nitrogens is 1. The second-order valence-electron chi connectivity index (χ2n) is 10.2. The minimum absolute atomic E-state index is 0.424. The Morgan fingerprint density at radius 1 is 0.647 bits per heavy atom. The predicted molar refractivity (Wildman–Crippen MR) is 137 cm³/mol. The van der Waals surface area contributed by atoms with Gasteiger partial charge in [0.1, 0.15) is 0 Å². The molecule has 4 aromatic rings. The highest BCUT2D eigenvalue weighted by atomic mass is 16.7. The largest absolute Gasteiger partial charge is 0.495 e. The van der Waals surface area contributed by atoms with Crippen molar-refractivity contribution in [2.75, 3.05) is 0 Å². The molecule has 0 N–H and O–H groups in total. The zero-order valence-electron chi connectivity index (χ0n) is 20.1. The Morgan fingerprint density at radius 2 is 1.29 bits per heavy atom. The van der Waals surface area contributed by atoms with Crippen molar-refractivity contribution in [1.29, 1.82) is 0 Å². The Hall–Kier alpha value is -3.21. The Bertz CT molecular complexity index is 1310.